The Balaban J connectivity index is 1.26. The normalized spacial score (nSPS) is 24.3. The molecular formula is C44H55N9O5S. The lowest BCUT2D eigenvalue weighted by molar-refractivity contribution is -0.155. The molecule has 2 saturated heterocycles. The molecule has 1 aliphatic carbocycles. The van der Waals surface area contributed by atoms with E-state index in [0.717, 1.165) is 76.5 Å². The van der Waals surface area contributed by atoms with Crippen molar-refractivity contribution in [1.29, 1.82) is 5.26 Å². The number of aryl methyl sites for hydroxylation is 1. The molecular weight excluding hydrogens is 767 g/mol. The fourth-order valence-corrected chi connectivity index (χ4v) is 9.59. The number of hydrogen-bond donors (Lipinski definition) is 2. The number of amides is 2. The van der Waals surface area contributed by atoms with Gasteiger partial charge < -0.3 is 29.2 Å². The number of nitrogens with one attached hydrogen (secondary N) is 2. The molecule has 8 rings (SSSR count). The average molecular weight is 822 g/mol. The number of pyridine rings is 1. The standard InChI is InChI=1S/C44H55N9O5S/c1-7-52-37-11-10-27-17-31(37)33(40(52)32-19-29(23-46-39(32)26(2)57-6)51-15-13-50(5)14-16-51)21-44(3,4)25-58-43(56)34-9-8-12-53(49-34)42(55)35(20-38-47-36(27)24-59-38)48-41(54)30-18-28(30)22-45/h10-11,17,19,23-24,26,28,30,34-35,49H,7-9,12-16,18,20-21,25H2,1-6H3,(H,48,54)/t26-,28?,30+,34-,35-/m0/s1. The first-order chi connectivity index (χ1) is 28.4. The second-order valence-electron chi connectivity index (χ2n) is 17.3. The Morgan fingerprint density at radius 2 is 1.98 bits per heavy atom. The van der Waals surface area contributed by atoms with Crippen LogP contribution in [0.3, 0.4) is 0 Å². The minimum atomic E-state index is -0.935. The summed E-state index contributed by atoms with van der Waals surface area (Å²) in [6, 6.07) is 9.26. The maximum Gasteiger partial charge on any atom is 0.324 e. The zero-order valence-corrected chi connectivity index (χ0v) is 35.7. The summed E-state index contributed by atoms with van der Waals surface area (Å²) < 4.78 is 14.4. The number of benzene rings is 1. The highest BCUT2D eigenvalue weighted by Crippen LogP contribution is 2.43. The lowest BCUT2D eigenvalue weighted by atomic mass is 9.84. The second kappa shape index (κ2) is 16.6. The van der Waals surface area contributed by atoms with Gasteiger partial charge in [-0.05, 0) is 70.3 Å². The highest BCUT2D eigenvalue weighted by molar-refractivity contribution is 7.10. The molecule has 1 saturated carbocycles. The van der Waals surface area contributed by atoms with Crippen LogP contribution in [-0.2, 0) is 43.2 Å². The Labute approximate surface area is 349 Å². The first kappa shape index (κ1) is 40.9. The third kappa shape index (κ3) is 8.33. The van der Waals surface area contributed by atoms with E-state index in [1.54, 1.807) is 7.11 Å². The van der Waals surface area contributed by atoms with E-state index >= 15 is 0 Å². The van der Waals surface area contributed by atoms with Gasteiger partial charge in [-0.25, -0.2) is 10.4 Å². The number of cyclic esters (lactones) is 1. The lowest BCUT2D eigenvalue weighted by Gasteiger charge is -2.35. The summed E-state index contributed by atoms with van der Waals surface area (Å²) in [5.41, 5.74) is 10.6. The zero-order valence-electron chi connectivity index (χ0n) is 34.9. The van der Waals surface area contributed by atoms with E-state index in [1.165, 1.54) is 16.3 Å². The second-order valence-corrected chi connectivity index (χ2v) is 18.3. The number of likely N-dealkylation sites (N-methyl/N-ethyl adjacent to an activating group) is 1. The van der Waals surface area contributed by atoms with Crippen molar-refractivity contribution in [3.63, 3.8) is 0 Å². The topological polar surface area (TPSA) is 158 Å². The molecule has 14 nitrogen and oxygen atoms in total. The van der Waals surface area contributed by atoms with Gasteiger partial charge in [0.25, 0.3) is 5.91 Å². The van der Waals surface area contributed by atoms with Gasteiger partial charge in [0.05, 0.1) is 64.6 Å². The van der Waals surface area contributed by atoms with Crippen LogP contribution in [0.25, 0.3) is 33.4 Å². The van der Waals surface area contributed by atoms with Gasteiger partial charge in [0, 0.05) is 85.6 Å². The smallest absolute Gasteiger partial charge is 0.324 e. The van der Waals surface area contributed by atoms with E-state index in [2.05, 4.69) is 83.3 Å². The van der Waals surface area contributed by atoms with Crippen LogP contribution in [0.1, 0.15) is 69.3 Å². The number of rotatable bonds is 7. The van der Waals surface area contributed by atoms with Crippen LogP contribution >= 0.6 is 11.3 Å². The van der Waals surface area contributed by atoms with Gasteiger partial charge in [-0.2, -0.15) is 5.26 Å². The Hall–Kier alpha value is -4.88. The van der Waals surface area contributed by atoms with Gasteiger partial charge in [-0.15, -0.1) is 11.3 Å². The number of esters is 1. The SMILES string of the molecule is CCn1c(-c2cc(N3CCN(C)CC3)cnc2[C@H](C)OC)c2c3cc(ccc31)-c1csc(n1)C[C@H](NC(=O)[C@@H]1CC1C#N)C(=O)N1CCC[C@H](N1)C(=O)OCC(C)(C)C2. The van der Waals surface area contributed by atoms with Crippen molar-refractivity contribution in [2.24, 2.45) is 17.3 Å². The quantitative estimate of drug-likeness (QED) is 0.239. The van der Waals surface area contributed by atoms with Crippen molar-refractivity contribution < 1.29 is 23.9 Å². The predicted octanol–water partition coefficient (Wildman–Crippen LogP) is 5.11. The molecule has 4 aliphatic rings. The molecule has 1 aromatic carbocycles. The highest BCUT2D eigenvalue weighted by Gasteiger charge is 2.45. The van der Waals surface area contributed by atoms with Gasteiger partial charge in [0.1, 0.15) is 12.1 Å². The molecule has 6 heterocycles. The minimum Gasteiger partial charge on any atom is -0.464 e. The molecule has 312 valence electrons. The number of piperazine rings is 1. The summed E-state index contributed by atoms with van der Waals surface area (Å²) in [5, 5.41) is 17.5. The number of nitrogens with zero attached hydrogens (tertiary/aromatic N) is 7. The van der Waals surface area contributed by atoms with Crippen molar-refractivity contribution >= 4 is 45.7 Å². The molecule has 59 heavy (non-hydrogen) atoms. The van der Waals surface area contributed by atoms with Crippen molar-refractivity contribution in [3.8, 4) is 28.6 Å². The number of carbonyl (C=O) groups excluding carboxylic acids is 3. The van der Waals surface area contributed by atoms with Gasteiger partial charge in [0.2, 0.25) is 5.91 Å². The molecule has 0 radical (unpaired) electrons. The van der Waals surface area contributed by atoms with Crippen LogP contribution in [0.15, 0.2) is 35.8 Å². The Morgan fingerprint density at radius 3 is 2.71 bits per heavy atom. The van der Waals surface area contributed by atoms with E-state index < -0.39 is 29.4 Å². The molecule has 6 bridgehead atoms. The van der Waals surface area contributed by atoms with Crippen molar-refractivity contribution in [2.75, 3.05) is 58.4 Å². The summed E-state index contributed by atoms with van der Waals surface area (Å²) in [4.78, 5) is 56.1. The van der Waals surface area contributed by atoms with Crippen LogP contribution in [0, 0.1) is 28.6 Å². The number of ether oxygens (including phenoxy) is 2. The highest BCUT2D eigenvalue weighted by atomic mass is 32.1. The van der Waals surface area contributed by atoms with Crippen molar-refractivity contribution in [2.45, 2.75) is 84.5 Å². The van der Waals surface area contributed by atoms with Gasteiger partial charge in [0.15, 0.2) is 0 Å². The number of anilines is 1. The van der Waals surface area contributed by atoms with Gasteiger partial charge in [-0.3, -0.25) is 24.4 Å². The number of carbonyl (C=O) groups is 3. The van der Waals surface area contributed by atoms with Crippen LogP contribution < -0.4 is 15.6 Å². The third-order valence-corrected chi connectivity index (χ3v) is 13.3. The Kier molecular flexibility index (Phi) is 11.5. The number of hydrazine groups is 1. The predicted molar refractivity (Wildman–Crippen MR) is 226 cm³/mol. The van der Waals surface area contributed by atoms with Crippen molar-refractivity contribution in [1.82, 2.24) is 35.2 Å². The number of fused-ring (bicyclic) bond motifs is 6. The van der Waals surface area contributed by atoms with E-state index in [-0.39, 0.29) is 36.9 Å². The molecule has 2 amide bonds. The summed E-state index contributed by atoms with van der Waals surface area (Å²) in [7, 11) is 3.88. The largest absolute Gasteiger partial charge is 0.464 e. The maximum absolute atomic E-state index is 14.1. The Morgan fingerprint density at radius 1 is 1.19 bits per heavy atom. The van der Waals surface area contributed by atoms with Gasteiger partial charge >= 0.3 is 5.97 Å². The molecule has 3 aliphatic heterocycles. The van der Waals surface area contributed by atoms with E-state index in [0.29, 0.717) is 43.8 Å². The number of methoxy groups -OCH3 is 1. The first-order valence-corrected chi connectivity index (χ1v) is 21.8. The third-order valence-electron chi connectivity index (χ3n) is 12.4. The maximum atomic E-state index is 14.1. The molecule has 15 heteroatoms. The Bertz CT molecular complexity index is 2290. The van der Waals surface area contributed by atoms with Crippen LogP contribution in [0.5, 0.6) is 0 Å². The summed E-state index contributed by atoms with van der Waals surface area (Å²) in [5.74, 6) is -1.87. The molecule has 4 aromatic rings. The number of aromatic nitrogens is 3. The molecule has 2 N–H and O–H groups in total. The minimum absolute atomic E-state index is 0.159. The molecule has 1 unspecified atom stereocenters. The fourth-order valence-electron chi connectivity index (χ4n) is 8.74. The molecule has 3 aromatic heterocycles. The summed E-state index contributed by atoms with van der Waals surface area (Å²) >= 11 is 1.45. The fraction of sp³-hybridized carbons (Fsp3) is 0.545. The number of thiazole rings is 1. The zero-order chi connectivity index (χ0) is 41.6. The molecule has 5 atom stereocenters. The average Bonchev–Trinajstić information content (AvgIpc) is 3.80. The monoisotopic (exact) mass is 821 g/mol. The van der Waals surface area contributed by atoms with E-state index in [1.807, 2.05) is 18.5 Å². The lowest BCUT2D eigenvalue weighted by Crippen LogP contribution is -2.60. The summed E-state index contributed by atoms with van der Waals surface area (Å²) in [6.45, 7) is 13.5. The molecule has 0 spiro atoms. The van der Waals surface area contributed by atoms with Crippen LogP contribution in [0.2, 0.25) is 0 Å². The van der Waals surface area contributed by atoms with E-state index in [4.69, 9.17) is 19.4 Å². The van der Waals surface area contributed by atoms with Crippen LogP contribution in [0.4, 0.5) is 5.69 Å². The molecule has 3 fully saturated rings. The van der Waals surface area contributed by atoms with Crippen LogP contribution in [-0.4, -0.2) is 108 Å². The first-order valence-electron chi connectivity index (χ1n) is 20.9. The van der Waals surface area contributed by atoms with Gasteiger partial charge in [-0.1, -0.05) is 19.9 Å². The van der Waals surface area contributed by atoms with E-state index in [9.17, 15) is 19.6 Å². The number of hydrogen-bond acceptors (Lipinski definition) is 12. The summed E-state index contributed by atoms with van der Waals surface area (Å²) in [6.07, 6.45) is 4.06. The van der Waals surface area contributed by atoms with Crippen molar-refractivity contribution in [3.05, 3.63) is 52.1 Å². The number of nitriles is 1.